The predicted octanol–water partition coefficient (Wildman–Crippen LogP) is 5.55. The van der Waals surface area contributed by atoms with Crippen LogP contribution in [0.1, 0.15) is 72.5 Å². The van der Waals surface area contributed by atoms with Gasteiger partial charge in [-0.05, 0) is 48.7 Å². The van der Waals surface area contributed by atoms with Crippen LogP contribution in [0.2, 0.25) is 0 Å². The van der Waals surface area contributed by atoms with Crippen LogP contribution in [0.4, 0.5) is 0 Å². The molecule has 2 saturated heterocycles. The molecule has 6 nitrogen and oxygen atoms in total. The second-order valence-electron chi connectivity index (χ2n) is 12.7. The van der Waals surface area contributed by atoms with E-state index in [2.05, 4.69) is 33.4 Å². The number of esters is 1. The summed E-state index contributed by atoms with van der Waals surface area (Å²) < 4.78 is 24.8. The van der Waals surface area contributed by atoms with Crippen LogP contribution in [0.15, 0.2) is 47.5 Å². The lowest BCUT2D eigenvalue weighted by molar-refractivity contribution is -0.249. The number of rotatable bonds is 2. The fourth-order valence-electron chi connectivity index (χ4n) is 9.31. The average molecular weight is 481 g/mol. The predicted molar refractivity (Wildman–Crippen MR) is 128 cm³/mol. The number of furan rings is 1. The molecule has 6 heteroatoms. The van der Waals surface area contributed by atoms with E-state index in [1.807, 2.05) is 19.9 Å². The fourth-order valence-corrected chi connectivity index (χ4v) is 9.31. The quantitative estimate of drug-likeness (QED) is 0.408. The molecule has 6 rings (SSSR count). The van der Waals surface area contributed by atoms with Crippen molar-refractivity contribution >= 4 is 11.8 Å². The van der Waals surface area contributed by atoms with E-state index in [0.717, 1.165) is 18.4 Å². The number of carbonyl (C=O) groups excluding carboxylic acids is 2. The van der Waals surface area contributed by atoms with Gasteiger partial charge in [0.15, 0.2) is 5.78 Å². The SMILES string of the molecule is C=C1O[C@@H](c2ccoc2)[C@]2(C)CC[C@@H]3[C@@]4(C)C=CC(=O)C(C)(C)[C@@H]4CC(OC(C)=O)[C@@]3(C)[C@]23O[C@H]13. The molecule has 2 saturated carbocycles. The first-order valence-electron chi connectivity index (χ1n) is 12.8. The molecule has 0 radical (unpaired) electrons. The number of allylic oxidation sites excluding steroid dienone is 2. The van der Waals surface area contributed by atoms with Crippen LogP contribution in [0.3, 0.4) is 0 Å². The third-order valence-corrected chi connectivity index (χ3v) is 11.0. The molecular formula is C29H36O6. The van der Waals surface area contributed by atoms with Gasteiger partial charge in [0, 0.05) is 28.7 Å². The summed E-state index contributed by atoms with van der Waals surface area (Å²) in [5, 5.41) is 0. The van der Waals surface area contributed by atoms with Gasteiger partial charge in [-0.1, -0.05) is 47.3 Å². The lowest BCUT2D eigenvalue weighted by atomic mass is 9.35. The molecule has 1 aromatic rings. The average Bonchev–Trinajstić information content (AvgIpc) is 3.35. The first-order chi connectivity index (χ1) is 16.3. The van der Waals surface area contributed by atoms with Crippen molar-refractivity contribution in [2.24, 2.45) is 33.5 Å². The van der Waals surface area contributed by atoms with E-state index < -0.39 is 16.4 Å². The Morgan fingerprint density at radius 1 is 1.14 bits per heavy atom. The summed E-state index contributed by atoms with van der Waals surface area (Å²) in [4.78, 5) is 25.5. The fraction of sp³-hybridized carbons (Fsp3) is 0.655. The summed E-state index contributed by atoms with van der Waals surface area (Å²) in [6.45, 7) is 16.6. The Balaban J connectivity index is 1.55. The van der Waals surface area contributed by atoms with Crippen molar-refractivity contribution in [3.8, 4) is 0 Å². The second-order valence-corrected chi connectivity index (χ2v) is 12.7. The van der Waals surface area contributed by atoms with E-state index in [9.17, 15) is 9.59 Å². The van der Waals surface area contributed by atoms with Gasteiger partial charge in [0.25, 0.3) is 0 Å². The second kappa shape index (κ2) is 6.70. The van der Waals surface area contributed by atoms with E-state index in [-0.39, 0.29) is 52.7 Å². The topological polar surface area (TPSA) is 78.3 Å². The molecule has 3 heterocycles. The summed E-state index contributed by atoms with van der Waals surface area (Å²) in [5.74, 6) is 0.673. The van der Waals surface area contributed by atoms with Crippen LogP contribution < -0.4 is 0 Å². The molecule has 2 aliphatic heterocycles. The molecule has 5 aliphatic rings. The Bertz CT molecular complexity index is 1150. The van der Waals surface area contributed by atoms with E-state index in [0.29, 0.717) is 12.2 Å². The number of epoxide rings is 1. The molecule has 9 atom stereocenters. The van der Waals surface area contributed by atoms with Crippen LogP contribution in [0.5, 0.6) is 0 Å². The number of ketones is 1. The van der Waals surface area contributed by atoms with Crippen LogP contribution >= 0.6 is 0 Å². The smallest absolute Gasteiger partial charge is 0.302 e. The van der Waals surface area contributed by atoms with Crippen molar-refractivity contribution in [2.75, 3.05) is 0 Å². The minimum Gasteiger partial charge on any atom is -0.487 e. The number of ether oxygens (including phenoxy) is 3. The maximum Gasteiger partial charge on any atom is 0.302 e. The van der Waals surface area contributed by atoms with Gasteiger partial charge in [0.05, 0.1) is 12.5 Å². The normalized spacial score (nSPS) is 49.1. The van der Waals surface area contributed by atoms with Gasteiger partial charge in [0.1, 0.15) is 29.7 Å². The highest BCUT2D eigenvalue weighted by Crippen LogP contribution is 2.80. The minimum atomic E-state index is -0.603. The molecule has 0 bridgehead atoms. The van der Waals surface area contributed by atoms with Gasteiger partial charge in [0.2, 0.25) is 0 Å². The first kappa shape index (κ1) is 23.1. The molecule has 3 aliphatic carbocycles. The van der Waals surface area contributed by atoms with E-state index >= 15 is 0 Å². The van der Waals surface area contributed by atoms with Gasteiger partial charge >= 0.3 is 5.97 Å². The van der Waals surface area contributed by atoms with Crippen molar-refractivity contribution in [1.29, 1.82) is 0 Å². The summed E-state index contributed by atoms with van der Waals surface area (Å²) in [5.41, 5.74) is -1.29. The number of hydrogen-bond donors (Lipinski definition) is 0. The van der Waals surface area contributed by atoms with Crippen LogP contribution in [-0.4, -0.2) is 29.6 Å². The Hall–Kier alpha value is -2.34. The zero-order valence-electron chi connectivity index (χ0n) is 21.6. The van der Waals surface area contributed by atoms with E-state index in [1.165, 1.54) is 6.92 Å². The van der Waals surface area contributed by atoms with Gasteiger partial charge in [-0.2, -0.15) is 0 Å². The Morgan fingerprint density at radius 2 is 1.89 bits per heavy atom. The first-order valence-corrected chi connectivity index (χ1v) is 12.8. The summed E-state index contributed by atoms with van der Waals surface area (Å²) in [6.07, 6.45) is 8.84. The van der Waals surface area contributed by atoms with Crippen molar-refractivity contribution in [3.05, 3.63) is 48.6 Å². The van der Waals surface area contributed by atoms with Crippen molar-refractivity contribution in [1.82, 2.24) is 0 Å². The third kappa shape index (κ3) is 2.49. The molecule has 4 fully saturated rings. The van der Waals surface area contributed by atoms with Crippen molar-refractivity contribution in [3.63, 3.8) is 0 Å². The molecule has 188 valence electrons. The molecule has 0 aromatic carbocycles. The van der Waals surface area contributed by atoms with Crippen molar-refractivity contribution < 1.29 is 28.2 Å². The van der Waals surface area contributed by atoms with E-state index in [1.54, 1.807) is 18.6 Å². The number of hydrogen-bond acceptors (Lipinski definition) is 6. The largest absolute Gasteiger partial charge is 0.487 e. The molecule has 0 N–H and O–H groups in total. The third-order valence-electron chi connectivity index (χ3n) is 11.0. The zero-order valence-corrected chi connectivity index (χ0v) is 21.6. The van der Waals surface area contributed by atoms with Gasteiger partial charge < -0.3 is 18.6 Å². The summed E-state index contributed by atoms with van der Waals surface area (Å²) in [7, 11) is 0. The van der Waals surface area contributed by atoms with Crippen molar-refractivity contribution in [2.45, 2.75) is 84.7 Å². The molecule has 0 amide bonds. The van der Waals surface area contributed by atoms with Gasteiger partial charge in [-0.3, -0.25) is 9.59 Å². The highest BCUT2D eigenvalue weighted by molar-refractivity contribution is 5.95. The Labute approximate surface area is 207 Å². The monoisotopic (exact) mass is 480 g/mol. The van der Waals surface area contributed by atoms with E-state index in [4.69, 9.17) is 18.6 Å². The van der Waals surface area contributed by atoms with Crippen LogP contribution in [0, 0.1) is 33.5 Å². The molecule has 1 aromatic heterocycles. The van der Waals surface area contributed by atoms with Crippen LogP contribution in [-0.2, 0) is 23.8 Å². The Morgan fingerprint density at radius 3 is 2.54 bits per heavy atom. The standard InChI is InChI=1S/C29H36O6/c1-16-23-29(35-23)27(6,24(33-16)18-10-13-32-15-18)12-8-19-26(5)11-9-21(31)25(3,4)20(26)14-22(28(19,29)7)34-17(2)30/h9-11,13,15,19-20,22-24H,1,8,12,14H2,2-7H3/t19-,20+,22?,23-,24+,26-,27+,28+,29-/m1/s1. The summed E-state index contributed by atoms with van der Waals surface area (Å²) in [6, 6.07) is 1.95. The lowest BCUT2D eigenvalue weighted by Gasteiger charge is -2.68. The van der Waals surface area contributed by atoms with Gasteiger partial charge in [-0.15, -0.1) is 0 Å². The summed E-state index contributed by atoms with van der Waals surface area (Å²) >= 11 is 0. The van der Waals surface area contributed by atoms with Gasteiger partial charge in [-0.25, -0.2) is 0 Å². The highest BCUT2D eigenvalue weighted by atomic mass is 16.7. The minimum absolute atomic E-state index is 0.0561. The maximum absolute atomic E-state index is 13.0. The van der Waals surface area contributed by atoms with Crippen LogP contribution in [0.25, 0.3) is 0 Å². The number of carbonyl (C=O) groups is 2. The highest BCUT2D eigenvalue weighted by Gasteiger charge is 2.87. The molecular weight excluding hydrogens is 444 g/mol. The number of fused-ring (bicyclic) bond motifs is 3. The molecule has 1 spiro atoms. The molecule has 1 unspecified atom stereocenters. The Kier molecular flexibility index (Phi) is 4.42. The zero-order chi connectivity index (χ0) is 25.2. The molecule has 35 heavy (non-hydrogen) atoms. The lowest BCUT2D eigenvalue weighted by Crippen LogP contribution is -2.72. The maximum atomic E-state index is 13.0.